The molecule has 1 aromatic carbocycles. The largest absolute Gasteiger partial charge is 0.416 e. The summed E-state index contributed by atoms with van der Waals surface area (Å²) in [6, 6.07) is 4.44. The van der Waals surface area contributed by atoms with Crippen LogP contribution in [0, 0.1) is 0 Å². The Kier molecular flexibility index (Phi) is 6.08. The highest BCUT2D eigenvalue weighted by molar-refractivity contribution is 5.76. The second kappa shape index (κ2) is 8.51. The molecule has 2 heterocycles. The van der Waals surface area contributed by atoms with E-state index < -0.39 is 17.3 Å². The molecule has 7 nitrogen and oxygen atoms in total. The van der Waals surface area contributed by atoms with Crippen molar-refractivity contribution in [2.45, 2.75) is 38.0 Å². The standard InChI is InChI=1S/C18H19F3N4O3/c19-18(20,21)12-4-1-3-11(9-12)16-23-17(27)14(24-25-16)6-7-15(26)22-10-13-5-2-8-28-13/h1,3-4,9,13H,2,5-8,10H2,(H,22,26)(H,23,25,27)/t13-/m1/s1. The normalized spacial score (nSPS) is 16.9. The molecule has 0 unspecified atom stereocenters. The average molecular weight is 396 g/mol. The van der Waals surface area contributed by atoms with Crippen LogP contribution >= 0.6 is 0 Å². The molecule has 0 aliphatic carbocycles. The predicted octanol–water partition coefficient (Wildman–Crippen LogP) is 2.08. The van der Waals surface area contributed by atoms with E-state index >= 15 is 0 Å². The Balaban J connectivity index is 1.61. The van der Waals surface area contributed by atoms with E-state index in [1.807, 2.05) is 0 Å². The van der Waals surface area contributed by atoms with Crippen LogP contribution in [-0.2, 0) is 22.1 Å². The lowest BCUT2D eigenvalue weighted by Crippen LogP contribution is -2.32. The number of carbonyl (C=O) groups excluding carboxylic acids is 1. The number of benzene rings is 1. The Morgan fingerprint density at radius 1 is 1.32 bits per heavy atom. The van der Waals surface area contributed by atoms with E-state index in [0.717, 1.165) is 25.0 Å². The molecule has 2 aromatic rings. The lowest BCUT2D eigenvalue weighted by atomic mass is 10.1. The fourth-order valence-electron chi connectivity index (χ4n) is 2.85. The van der Waals surface area contributed by atoms with Crippen LogP contribution in [0.4, 0.5) is 13.2 Å². The number of amides is 1. The van der Waals surface area contributed by atoms with E-state index in [2.05, 4.69) is 20.5 Å². The van der Waals surface area contributed by atoms with E-state index in [9.17, 15) is 22.8 Å². The van der Waals surface area contributed by atoms with Crippen molar-refractivity contribution in [3.05, 3.63) is 45.9 Å². The summed E-state index contributed by atoms with van der Waals surface area (Å²) in [5, 5.41) is 10.3. The van der Waals surface area contributed by atoms with Crippen molar-refractivity contribution in [1.82, 2.24) is 20.5 Å². The number of hydrogen-bond donors (Lipinski definition) is 2. The van der Waals surface area contributed by atoms with Crippen molar-refractivity contribution in [2.75, 3.05) is 13.2 Å². The summed E-state index contributed by atoms with van der Waals surface area (Å²) in [5.41, 5.74) is -1.29. The molecular formula is C18H19F3N4O3. The first-order valence-electron chi connectivity index (χ1n) is 8.85. The maximum Gasteiger partial charge on any atom is 0.416 e. The molecule has 150 valence electrons. The highest BCUT2D eigenvalue weighted by atomic mass is 19.4. The van der Waals surface area contributed by atoms with Crippen LogP contribution in [0.5, 0.6) is 0 Å². The Morgan fingerprint density at radius 2 is 2.14 bits per heavy atom. The summed E-state index contributed by atoms with van der Waals surface area (Å²) in [6.07, 6.45) is -2.47. The number of halogens is 3. The number of aromatic amines is 1. The summed E-state index contributed by atoms with van der Waals surface area (Å²) >= 11 is 0. The Labute approximate surface area is 158 Å². The number of ether oxygens (including phenoxy) is 1. The van der Waals surface area contributed by atoms with E-state index in [4.69, 9.17) is 4.74 Å². The van der Waals surface area contributed by atoms with E-state index in [1.54, 1.807) is 0 Å². The van der Waals surface area contributed by atoms with Crippen molar-refractivity contribution >= 4 is 5.91 Å². The number of nitrogens with zero attached hydrogens (tertiary/aromatic N) is 2. The van der Waals surface area contributed by atoms with Gasteiger partial charge >= 0.3 is 6.18 Å². The van der Waals surface area contributed by atoms with Crippen LogP contribution in [-0.4, -0.2) is 40.3 Å². The summed E-state index contributed by atoms with van der Waals surface area (Å²) in [4.78, 5) is 26.4. The van der Waals surface area contributed by atoms with Crippen molar-refractivity contribution in [2.24, 2.45) is 0 Å². The molecule has 3 rings (SSSR count). The predicted molar refractivity (Wildman–Crippen MR) is 93.4 cm³/mol. The number of aryl methyl sites for hydroxylation is 1. The number of rotatable bonds is 6. The second-order valence-electron chi connectivity index (χ2n) is 6.47. The number of carbonyl (C=O) groups is 1. The Bertz CT molecular complexity index is 892. The van der Waals surface area contributed by atoms with E-state index in [0.29, 0.717) is 13.2 Å². The maximum atomic E-state index is 12.8. The van der Waals surface area contributed by atoms with Crippen LogP contribution < -0.4 is 10.9 Å². The molecule has 10 heteroatoms. The molecule has 1 saturated heterocycles. The number of aromatic nitrogens is 3. The summed E-state index contributed by atoms with van der Waals surface area (Å²) < 4.78 is 43.8. The summed E-state index contributed by atoms with van der Waals surface area (Å²) in [5.74, 6) is -0.304. The van der Waals surface area contributed by atoms with Gasteiger partial charge in [0, 0.05) is 31.6 Å². The van der Waals surface area contributed by atoms with Crippen molar-refractivity contribution in [1.29, 1.82) is 0 Å². The van der Waals surface area contributed by atoms with Crippen LogP contribution in [0.15, 0.2) is 29.1 Å². The SMILES string of the molecule is O=C(CCc1nnc(-c2cccc(C(F)(F)F)c2)[nH]c1=O)NC[C@H]1CCCO1. The molecule has 1 aliphatic heterocycles. The number of alkyl halides is 3. The topological polar surface area (TPSA) is 97.0 Å². The monoisotopic (exact) mass is 396 g/mol. The lowest BCUT2D eigenvalue weighted by molar-refractivity contribution is -0.137. The molecule has 1 atom stereocenters. The molecule has 2 N–H and O–H groups in total. The van der Waals surface area contributed by atoms with Gasteiger partial charge in [0.2, 0.25) is 5.91 Å². The average Bonchev–Trinajstić information content (AvgIpc) is 3.18. The van der Waals surface area contributed by atoms with E-state index in [1.165, 1.54) is 12.1 Å². The molecular weight excluding hydrogens is 377 g/mol. The zero-order chi connectivity index (χ0) is 20.1. The van der Waals surface area contributed by atoms with Gasteiger partial charge in [0.15, 0.2) is 5.82 Å². The quantitative estimate of drug-likeness (QED) is 0.779. The molecule has 1 amide bonds. The number of nitrogens with one attached hydrogen (secondary N) is 2. The Hall–Kier alpha value is -2.75. The van der Waals surface area contributed by atoms with Gasteiger partial charge in [-0.05, 0) is 25.0 Å². The molecule has 1 fully saturated rings. The van der Waals surface area contributed by atoms with Gasteiger partial charge < -0.3 is 15.0 Å². The van der Waals surface area contributed by atoms with Gasteiger partial charge in [-0.3, -0.25) is 9.59 Å². The first kappa shape index (κ1) is 20.0. The molecule has 1 aliphatic rings. The van der Waals surface area contributed by atoms with Gasteiger partial charge in [-0.2, -0.15) is 13.2 Å². The third-order valence-corrected chi connectivity index (χ3v) is 4.37. The fraction of sp³-hybridized carbons (Fsp3) is 0.444. The maximum absolute atomic E-state index is 12.8. The minimum Gasteiger partial charge on any atom is -0.376 e. The highest BCUT2D eigenvalue weighted by Crippen LogP contribution is 2.31. The van der Waals surface area contributed by atoms with Gasteiger partial charge in [0.1, 0.15) is 5.69 Å². The molecule has 0 radical (unpaired) electrons. The van der Waals surface area contributed by atoms with Crippen LogP contribution in [0.2, 0.25) is 0 Å². The molecule has 0 bridgehead atoms. The zero-order valence-corrected chi connectivity index (χ0v) is 14.9. The fourth-order valence-corrected chi connectivity index (χ4v) is 2.85. The van der Waals surface area contributed by atoms with Gasteiger partial charge in [-0.25, -0.2) is 0 Å². The second-order valence-corrected chi connectivity index (χ2v) is 6.47. The summed E-state index contributed by atoms with van der Waals surface area (Å²) in [7, 11) is 0. The van der Waals surface area contributed by atoms with Gasteiger partial charge in [-0.15, -0.1) is 10.2 Å². The first-order valence-corrected chi connectivity index (χ1v) is 8.85. The molecule has 0 spiro atoms. The van der Waals surface area contributed by atoms with Crippen LogP contribution in [0.3, 0.4) is 0 Å². The first-order chi connectivity index (χ1) is 13.3. The van der Waals surface area contributed by atoms with Crippen molar-refractivity contribution in [3.8, 4) is 11.4 Å². The van der Waals surface area contributed by atoms with Crippen LogP contribution in [0.25, 0.3) is 11.4 Å². The molecule has 1 aromatic heterocycles. The molecule has 0 saturated carbocycles. The minimum atomic E-state index is -4.50. The highest BCUT2D eigenvalue weighted by Gasteiger charge is 2.30. The lowest BCUT2D eigenvalue weighted by Gasteiger charge is -2.10. The number of hydrogen-bond acceptors (Lipinski definition) is 5. The third-order valence-electron chi connectivity index (χ3n) is 4.37. The van der Waals surface area contributed by atoms with Crippen molar-refractivity contribution in [3.63, 3.8) is 0 Å². The number of H-pyrrole nitrogens is 1. The minimum absolute atomic E-state index is 0.0267. The van der Waals surface area contributed by atoms with Gasteiger partial charge in [0.05, 0.1) is 11.7 Å². The zero-order valence-electron chi connectivity index (χ0n) is 14.9. The third kappa shape index (κ3) is 5.16. The van der Waals surface area contributed by atoms with Crippen molar-refractivity contribution < 1.29 is 22.7 Å². The molecule has 28 heavy (non-hydrogen) atoms. The van der Waals surface area contributed by atoms with Gasteiger partial charge in [-0.1, -0.05) is 12.1 Å². The van der Waals surface area contributed by atoms with E-state index in [-0.39, 0.29) is 41.9 Å². The smallest absolute Gasteiger partial charge is 0.376 e. The van der Waals surface area contributed by atoms with Crippen LogP contribution in [0.1, 0.15) is 30.5 Å². The Morgan fingerprint density at radius 3 is 2.82 bits per heavy atom. The van der Waals surface area contributed by atoms with Gasteiger partial charge in [0.25, 0.3) is 5.56 Å². The summed E-state index contributed by atoms with van der Waals surface area (Å²) in [6.45, 7) is 1.12.